The quantitative estimate of drug-likeness (QED) is 0.617. The van der Waals surface area contributed by atoms with Gasteiger partial charge in [0.1, 0.15) is 0 Å². The molecule has 0 aliphatic carbocycles. The zero-order valence-electron chi connectivity index (χ0n) is 12.4. The number of carbonyl (C=O) groups excluding carboxylic acids is 1. The monoisotopic (exact) mass is 279 g/mol. The van der Waals surface area contributed by atoms with Crippen LogP contribution >= 0.6 is 0 Å². The van der Waals surface area contributed by atoms with Gasteiger partial charge >= 0.3 is 6.03 Å². The van der Waals surface area contributed by atoms with Crippen LogP contribution in [-0.4, -0.2) is 29.8 Å². The number of carbonyl (C=O) groups is 1. The average Bonchev–Trinajstić information content (AvgIpc) is 2.35. The topological polar surface area (TPSA) is 73.4 Å². The fourth-order valence-electron chi connectivity index (χ4n) is 1.74. The van der Waals surface area contributed by atoms with E-state index in [1.165, 1.54) is 0 Å². The molecule has 1 rings (SSSR count). The summed E-state index contributed by atoms with van der Waals surface area (Å²) in [7, 11) is 0. The molecule has 4 N–H and O–H groups in total. The molecule has 1 aromatic rings. The Balaban J connectivity index is 2.35. The van der Waals surface area contributed by atoms with Gasteiger partial charge in [-0.3, -0.25) is 0 Å². The molecule has 0 spiro atoms. The maximum atomic E-state index is 11.5. The van der Waals surface area contributed by atoms with Crippen LogP contribution in [0.15, 0.2) is 24.3 Å². The number of benzene rings is 1. The first kappa shape index (κ1) is 16.3. The number of hydrogen-bond donors (Lipinski definition) is 4. The van der Waals surface area contributed by atoms with Gasteiger partial charge in [-0.05, 0) is 44.9 Å². The highest BCUT2D eigenvalue weighted by atomic mass is 16.3. The largest absolute Gasteiger partial charge is 0.393 e. The van der Waals surface area contributed by atoms with Gasteiger partial charge in [0.2, 0.25) is 0 Å². The van der Waals surface area contributed by atoms with Gasteiger partial charge in [-0.25, -0.2) is 4.79 Å². The van der Waals surface area contributed by atoms with Gasteiger partial charge in [-0.1, -0.05) is 12.1 Å². The molecule has 0 radical (unpaired) electrons. The molecule has 20 heavy (non-hydrogen) atoms. The van der Waals surface area contributed by atoms with Gasteiger partial charge in [-0.2, -0.15) is 0 Å². The van der Waals surface area contributed by atoms with E-state index in [0.29, 0.717) is 25.6 Å². The Morgan fingerprint density at radius 1 is 1.25 bits per heavy atom. The van der Waals surface area contributed by atoms with E-state index in [2.05, 4.69) is 29.8 Å². The van der Waals surface area contributed by atoms with Crippen LogP contribution in [0.3, 0.4) is 0 Å². The molecule has 5 nitrogen and oxygen atoms in total. The van der Waals surface area contributed by atoms with Gasteiger partial charge in [0, 0.05) is 24.8 Å². The zero-order valence-corrected chi connectivity index (χ0v) is 12.4. The van der Waals surface area contributed by atoms with E-state index < -0.39 is 6.10 Å². The van der Waals surface area contributed by atoms with E-state index in [0.717, 1.165) is 11.3 Å². The van der Waals surface area contributed by atoms with E-state index >= 15 is 0 Å². The van der Waals surface area contributed by atoms with Crippen LogP contribution in [0.1, 0.15) is 32.8 Å². The molecule has 0 saturated heterocycles. The Bertz CT molecular complexity index is 419. The highest BCUT2D eigenvalue weighted by molar-refractivity contribution is 5.73. The molecule has 0 heterocycles. The van der Waals surface area contributed by atoms with Gasteiger partial charge in [0.15, 0.2) is 0 Å². The molecule has 2 amide bonds. The molecule has 112 valence electrons. The Labute approximate surface area is 120 Å². The van der Waals surface area contributed by atoms with Crippen LogP contribution in [0.5, 0.6) is 0 Å². The molecule has 0 saturated carbocycles. The predicted octanol–water partition coefficient (Wildman–Crippen LogP) is 2.08. The van der Waals surface area contributed by atoms with E-state index in [1.807, 2.05) is 24.3 Å². The summed E-state index contributed by atoms with van der Waals surface area (Å²) < 4.78 is 0. The van der Waals surface area contributed by atoms with E-state index in [4.69, 9.17) is 5.11 Å². The highest BCUT2D eigenvalue weighted by Crippen LogP contribution is 2.11. The van der Waals surface area contributed by atoms with Gasteiger partial charge in [0.25, 0.3) is 0 Å². The number of aliphatic hydroxyl groups is 1. The van der Waals surface area contributed by atoms with Crippen molar-refractivity contribution in [1.82, 2.24) is 10.6 Å². The molecule has 1 unspecified atom stereocenters. The molecule has 5 heteroatoms. The first-order valence-corrected chi connectivity index (χ1v) is 7.02. The number of amides is 2. The maximum Gasteiger partial charge on any atom is 0.315 e. The zero-order chi connectivity index (χ0) is 15.0. The third-order valence-electron chi connectivity index (χ3n) is 2.68. The summed E-state index contributed by atoms with van der Waals surface area (Å²) in [5.74, 6) is 0. The second-order valence-electron chi connectivity index (χ2n) is 5.25. The molecule has 1 atom stereocenters. The summed E-state index contributed by atoms with van der Waals surface area (Å²) >= 11 is 0. The first-order valence-electron chi connectivity index (χ1n) is 7.02. The third-order valence-corrected chi connectivity index (χ3v) is 2.68. The average molecular weight is 279 g/mol. The smallest absolute Gasteiger partial charge is 0.315 e. The fraction of sp³-hybridized carbons (Fsp3) is 0.533. The van der Waals surface area contributed by atoms with E-state index in [1.54, 1.807) is 6.92 Å². The molecule has 0 bridgehead atoms. The predicted molar refractivity (Wildman–Crippen MR) is 81.7 cm³/mol. The fourth-order valence-corrected chi connectivity index (χ4v) is 1.74. The van der Waals surface area contributed by atoms with Gasteiger partial charge in [0.05, 0.1) is 6.10 Å². The second-order valence-corrected chi connectivity index (χ2v) is 5.25. The van der Waals surface area contributed by atoms with Crippen LogP contribution in [0.4, 0.5) is 10.5 Å². The number of aliphatic hydroxyl groups excluding tert-OH is 1. The lowest BCUT2D eigenvalue weighted by Gasteiger charge is -2.12. The summed E-state index contributed by atoms with van der Waals surface area (Å²) in [5.41, 5.74) is 2.09. The molecule has 0 fully saturated rings. The van der Waals surface area contributed by atoms with Crippen molar-refractivity contribution >= 4 is 11.7 Å². The maximum absolute atomic E-state index is 11.5. The molecule has 0 aromatic heterocycles. The standard InChI is InChI=1S/C15H25N3O2/c1-11(2)18-14-6-4-5-13(9-14)10-17-15(20)16-8-7-12(3)19/h4-6,9,11-12,18-19H,7-8,10H2,1-3H3,(H2,16,17,20). The Morgan fingerprint density at radius 3 is 2.65 bits per heavy atom. The van der Waals surface area contributed by atoms with Crippen LogP contribution in [0, 0.1) is 0 Å². The molecular weight excluding hydrogens is 254 g/mol. The van der Waals surface area contributed by atoms with Gasteiger partial charge < -0.3 is 21.1 Å². The number of urea groups is 1. The number of anilines is 1. The minimum Gasteiger partial charge on any atom is -0.393 e. The van der Waals surface area contributed by atoms with Crippen molar-refractivity contribution in [2.24, 2.45) is 0 Å². The molecule has 0 aliphatic rings. The molecular formula is C15H25N3O2. The third kappa shape index (κ3) is 6.99. The lowest BCUT2D eigenvalue weighted by molar-refractivity contribution is 0.183. The molecule has 1 aromatic carbocycles. The van der Waals surface area contributed by atoms with Crippen molar-refractivity contribution in [2.75, 3.05) is 11.9 Å². The van der Waals surface area contributed by atoms with Crippen molar-refractivity contribution in [3.8, 4) is 0 Å². The molecule has 0 aliphatic heterocycles. The number of hydrogen-bond acceptors (Lipinski definition) is 3. The van der Waals surface area contributed by atoms with Crippen molar-refractivity contribution in [3.05, 3.63) is 29.8 Å². The van der Waals surface area contributed by atoms with Crippen molar-refractivity contribution in [1.29, 1.82) is 0 Å². The van der Waals surface area contributed by atoms with Crippen LogP contribution < -0.4 is 16.0 Å². The van der Waals surface area contributed by atoms with Crippen molar-refractivity contribution in [3.63, 3.8) is 0 Å². The summed E-state index contributed by atoms with van der Waals surface area (Å²) in [5, 5.41) is 17.9. The Morgan fingerprint density at radius 2 is 2.00 bits per heavy atom. The highest BCUT2D eigenvalue weighted by Gasteiger charge is 2.02. The second kappa shape index (κ2) is 8.43. The Kier molecular flexibility index (Phi) is 6.87. The summed E-state index contributed by atoms with van der Waals surface area (Å²) in [6, 6.07) is 8.13. The van der Waals surface area contributed by atoms with E-state index in [9.17, 15) is 4.79 Å². The lowest BCUT2D eigenvalue weighted by Crippen LogP contribution is -2.36. The van der Waals surface area contributed by atoms with Crippen molar-refractivity contribution < 1.29 is 9.90 Å². The normalized spacial score (nSPS) is 12.1. The SMILES string of the molecule is CC(O)CCNC(=O)NCc1cccc(NC(C)C)c1. The number of rotatable bonds is 7. The van der Waals surface area contributed by atoms with Crippen LogP contribution in [0.2, 0.25) is 0 Å². The minimum absolute atomic E-state index is 0.215. The summed E-state index contributed by atoms with van der Waals surface area (Å²) in [4.78, 5) is 11.5. The summed E-state index contributed by atoms with van der Waals surface area (Å²) in [6.07, 6.45) is 0.162. The lowest BCUT2D eigenvalue weighted by atomic mass is 10.2. The van der Waals surface area contributed by atoms with E-state index in [-0.39, 0.29) is 6.03 Å². The van der Waals surface area contributed by atoms with Crippen LogP contribution in [-0.2, 0) is 6.54 Å². The Hall–Kier alpha value is -1.75. The van der Waals surface area contributed by atoms with Crippen LogP contribution in [0.25, 0.3) is 0 Å². The van der Waals surface area contributed by atoms with Gasteiger partial charge in [-0.15, -0.1) is 0 Å². The number of nitrogens with one attached hydrogen (secondary N) is 3. The minimum atomic E-state index is -0.394. The summed E-state index contributed by atoms with van der Waals surface area (Å²) in [6.45, 7) is 6.82. The van der Waals surface area contributed by atoms with Crippen molar-refractivity contribution in [2.45, 2.75) is 45.9 Å². The first-order chi connectivity index (χ1) is 9.47.